The molecular weight excluding hydrogens is 677 g/mol. The number of para-hydroxylation sites is 2. The second-order valence-electron chi connectivity index (χ2n) is 12.7. The third-order valence-electron chi connectivity index (χ3n) is 10.2. The van der Waals surface area contributed by atoms with Crippen molar-refractivity contribution in [2.24, 2.45) is 5.92 Å². The third kappa shape index (κ3) is 4.77. The molecule has 258 valence electrons. The highest BCUT2D eigenvalue weighted by Gasteiger charge is 2.69. The van der Waals surface area contributed by atoms with Gasteiger partial charge in [0.05, 0.1) is 41.9 Å². The van der Waals surface area contributed by atoms with Gasteiger partial charge >= 0.3 is 11.4 Å². The van der Waals surface area contributed by atoms with Crippen molar-refractivity contribution in [3.05, 3.63) is 152 Å². The number of carbonyl (C=O) groups excluding carboxylic acids is 2. The van der Waals surface area contributed by atoms with Crippen LogP contribution in [0.15, 0.2) is 118 Å². The van der Waals surface area contributed by atoms with Crippen molar-refractivity contribution in [1.82, 2.24) is 18.9 Å². The molecule has 8 rings (SSSR count). The van der Waals surface area contributed by atoms with Crippen LogP contribution in [0, 0.1) is 11.7 Å². The number of hydrogen-bond donors (Lipinski definition) is 2. The van der Waals surface area contributed by atoms with Crippen molar-refractivity contribution in [2.45, 2.75) is 37.3 Å². The predicted molar refractivity (Wildman–Crippen MR) is 187 cm³/mol. The summed E-state index contributed by atoms with van der Waals surface area (Å²) in [4.78, 5) is 58.1. The van der Waals surface area contributed by atoms with Gasteiger partial charge in [0.15, 0.2) is 11.5 Å². The quantitative estimate of drug-likeness (QED) is 0.173. The van der Waals surface area contributed by atoms with Gasteiger partial charge in [-0.2, -0.15) is 5.01 Å². The molecule has 13 heteroatoms. The Kier molecular flexibility index (Phi) is 7.71. The highest BCUT2D eigenvalue weighted by atomic mass is 35.5. The van der Waals surface area contributed by atoms with Crippen LogP contribution in [0.1, 0.15) is 36.4 Å². The van der Waals surface area contributed by atoms with Crippen LogP contribution in [-0.2, 0) is 21.5 Å². The number of nitrogens with zero attached hydrogens (tertiary/aromatic N) is 4. The van der Waals surface area contributed by atoms with Gasteiger partial charge in [0.1, 0.15) is 5.82 Å². The first-order valence-corrected chi connectivity index (χ1v) is 16.9. The maximum absolute atomic E-state index is 15.2. The molecule has 11 nitrogen and oxygen atoms in total. The van der Waals surface area contributed by atoms with E-state index in [-0.39, 0.29) is 31.1 Å². The van der Waals surface area contributed by atoms with Crippen LogP contribution in [-0.4, -0.2) is 42.5 Å². The molecule has 1 aliphatic carbocycles. The molecule has 2 aliphatic heterocycles. The molecule has 3 heterocycles. The number of rotatable bonds is 7. The van der Waals surface area contributed by atoms with Crippen LogP contribution in [0.4, 0.5) is 10.1 Å². The molecule has 1 saturated carbocycles. The number of aromatic nitrogens is 3. The number of phenols is 1. The third-order valence-corrected chi connectivity index (χ3v) is 10.4. The van der Waals surface area contributed by atoms with E-state index in [1.165, 1.54) is 33.6 Å². The number of hydrogen-bond acceptors (Lipinski definition) is 7. The molecule has 51 heavy (non-hydrogen) atoms. The summed E-state index contributed by atoms with van der Waals surface area (Å²) < 4.78 is 23.4. The second kappa shape index (κ2) is 12.2. The molecule has 2 amide bonds. The molecule has 4 aromatic carbocycles. The van der Waals surface area contributed by atoms with E-state index in [4.69, 9.17) is 16.3 Å². The largest absolute Gasteiger partial charge is 0.504 e. The molecule has 0 bridgehead atoms. The van der Waals surface area contributed by atoms with Gasteiger partial charge < -0.3 is 9.84 Å². The zero-order valence-electron chi connectivity index (χ0n) is 27.2. The Bertz CT molecular complexity index is 2350. The minimum absolute atomic E-state index is 0.0107. The predicted octanol–water partition coefficient (Wildman–Crippen LogP) is 5.32. The number of amides is 2. The van der Waals surface area contributed by atoms with Crippen molar-refractivity contribution >= 4 is 29.1 Å². The summed E-state index contributed by atoms with van der Waals surface area (Å²) in [6.45, 7) is 2.02. The van der Waals surface area contributed by atoms with E-state index in [0.717, 1.165) is 9.58 Å². The van der Waals surface area contributed by atoms with Gasteiger partial charge in [-0.15, -0.1) is 0 Å². The number of benzene rings is 4. The molecule has 4 unspecified atom stereocenters. The Morgan fingerprint density at radius 1 is 0.922 bits per heavy atom. The van der Waals surface area contributed by atoms with Crippen LogP contribution >= 0.6 is 11.6 Å². The maximum atomic E-state index is 15.2. The molecule has 5 aromatic rings. The number of phenolic OH excluding ortho intramolecular Hbond substituents is 1. The minimum Gasteiger partial charge on any atom is -0.504 e. The van der Waals surface area contributed by atoms with Gasteiger partial charge in [0.25, 0.3) is 11.8 Å². The number of imide groups is 1. The number of carbonyl (C=O) groups is 2. The summed E-state index contributed by atoms with van der Waals surface area (Å²) in [5.41, 5.74) is 2.08. The summed E-state index contributed by atoms with van der Waals surface area (Å²) in [6.07, 6.45) is 1.77. The van der Waals surface area contributed by atoms with Crippen molar-refractivity contribution in [3.8, 4) is 17.2 Å². The SMILES string of the molecule is CCOc1cccc(C2C3=CCn4c(=O)n(-c5ccccc5)c(=O)n4C3CC3C(=O)N(Nc4ccc(F)cc4)C(=O)C32c2ccc(Cl)cc2)c1O. The normalized spacial score (nSPS) is 22.2. The minimum atomic E-state index is -1.67. The molecule has 2 fully saturated rings. The van der Waals surface area contributed by atoms with E-state index in [2.05, 4.69) is 5.43 Å². The average Bonchev–Trinajstić information content (AvgIpc) is 3.51. The van der Waals surface area contributed by atoms with Gasteiger partial charge in [0, 0.05) is 16.5 Å². The first kappa shape index (κ1) is 32.3. The lowest BCUT2D eigenvalue weighted by Gasteiger charge is -2.49. The van der Waals surface area contributed by atoms with Crippen molar-refractivity contribution < 1.29 is 23.8 Å². The van der Waals surface area contributed by atoms with E-state index in [1.807, 2.05) is 0 Å². The maximum Gasteiger partial charge on any atom is 0.352 e. The number of halogens is 2. The van der Waals surface area contributed by atoms with Crippen LogP contribution < -0.4 is 21.5 Å². The lowest BCUT2D eigenvalue weighted by Crippen LogP contribution is -2.53. The molecule has 2 N–H and O–H groups in total. The Morgan fingerprint density at radius 2 is 1.65 bits per heavy atom. The molecule has 3 aliphatic rings. The van der Waals surface area contributed by atoms with Crippen LogP contribution in [0.2, 0.25) is 5.02 Å². The number of hydrazine groups is 1. The number of anilines is 1. The summed E-state index contributed by atoms with van der Waals surface area (Å²) in [5, 5.41) is 13.2. The standard InChI is InChI=1S/C38H31ClFN5O6/c1-2-51-31-10-6-9-28(33(31)46)32-27-19-20-42-36(49)43(26-7-4-3-5-8-26)37(50)45(42)30(27)21-29-34(47)44(41-25-17-15-24(40)16-18-25)35(48)38(29,32)22-11-13-23(39)14-12-22/h3-19,29-30,32,41,46H,2,20-21H2,1H3. The van der Waals surface area contributed by atoms with Crippen molar-refractivity contribution in [1.29, 1.82) is 0 Å². The summed E-state index contributed by atoms with van der Waals surface area (Å²) >= 11 is 6.35. The number of aromatic hydroxyl groups is 1. The molecule has 1 aromatic heterocycles. The number of ether oxygens (including phenoxy) is 1. The molecule has 0 spiro atoms. The fraction of sp³-hybridized carbons (Fsp3) is 0.211. The van der Waals surface area contributed by atoms with E-state index in [0.29, 0.717) is 33.1 Å². The van der Waals surface area contributed by atoms with Crippen molar-refractivity contribution in [2.75, 3.05) is 12.0 Å². The summed E-state index contributed by atoms with van der Waals surface area (Å²) in [5.74, 6) is -3.90. The topological polar surface area (TPSA) is 128 Å². The smallest absolute Gasteiger partial charge is 0.352 e. The molecule has 1 saturated heterocycles. The Morgan fingerprint density at radius 3 is 2.35 bits per heavy atom. The van der Waals surface area contributed by atoms with Crippen LogP contribution in [0.5, 0.6) is 11.5 Å². The zero-order chi connectivity index (χ0) is 35.6. The highest BCUT2D eigenvalue weighted by Crippen LogP contribution is 2.63. The van der Waals surface area contributed by atoms with Crippen molar-refractivity contribution in [3.63, 3.8) is 0 Å². The van der Waals surface area contributed by atoms with Crippen LogP contribution in [0.3, 0.4) is 0 Å². The first-order chi connectivity index (χ1) is 24.7. The fourth-order valence-corrected chi connectivity index (χ4v) is 8.23. The molecular formula is C38H31ClFN5O6. The first-order valence-electron chi connectivity index (χ1n) is 16.5. The van der Waals surface area contributed by atoms with Crippen LogP contribution in [0.25, 0.3) is 5.69 Å². The lowest BCUT2D eigenvalue weighted by molar-refractivity contribution is -0.138. The summed E-state index contributed by atoms with van der Waals surface area (Å²) in [6, 6.07) is 24.5. The second-order valence-corrected chi connectivity index (χ2v) is 13.1. The van der Waals surface area contributed by atoms with Gasteiger partial charge in [-0.3, -0.25) is 15.0 Å². The monoisotopic (exact) mass is 707 g/mol. The van der Waals surface area contributed by atoms with E-state index >= 15 is 4.79 Å². The van der Waals surface area contributed by atoms with E-state index < -0.39 is 52.3 Å². The summed E-state index contributed by atoms with van der Waals surface area (Å²) in [7, 11) is 0. The van der Waals surface area contributed by atoms with Gasteiger partial charge in [-0.25, -0.2) is 27.9 Å². The molecule has 4 atom stereocenters. The Labute approximate surface area is 295 Å². The highest BCUT2D eigenvalue weighted by molar-refractivity contribution is 6.30. The van der Waals surface area contributed by atoms with Gasteiger partial charge in [-0.05, 0) is 79.1 Å². The number of fused-ring (bicyclic) bond motifs is 4. The lowest BCUT2D eigenvalue weighted by atomic mass is 9.53. The zero-order valence-corrected chi connectivity index (χ0v) is 28.0. The van der Waals surface area contributed by atoms with E-state index in [1.54, 1.807) is 85.8 Å². The van der Waals surface area contributed by atoms with E-state index in [9.17, 15) is 23.9 Å². The molecule has 0 radical (unpaired) electrons. The van der Waals surface area contributed by atoms with Gasteiger partial charge in [-0.1, -0.05) is 60.1 Å². The Balaban J connectivity index is 1.40. The number of nitrogens with one attached hydrogen (secondary N) is 1. The average molecular weight is 708 g/mol. The van der Waals surface area contributed by atoms with Gasteiger partial charge in [0.2, 0.25) is 0 Å². The fourth-order valence-electron chi connectivity index (χ4n) is 8.10. The number of allylic oxidation sites excluding steroid dienone is 2. The Hall–Kier alpha value is -5.88.